The second-order valence-electron chi connectivity index (χ2n) is 9.92. The van der Waals surface area contributed by atoms with Gasteiger partial charge in [-0.05, 0) is 67.6 Å². The number of aromatic nitrogens is 4. The number of pyridine rings is 1. The van der Waals surface area contributed by atoms with Crippen LogP contribution in [-0.4, -0.2) is 42.2 Å². The van der Waals surface area contributed by atoms with Crippen molar-refractivity contribution in [2.24, 2.45) is 0 Å². The molecule has 2 amide bonds. The van der Waals surface area contributed by atoms with Gasteiger partial charge in [-0.15, -0.1) is 16.4 Å². The zero-order valence-corrected chi connectivity index (χ0v) is 22.5. The SMILES string of the molecule is CCC(C)(C)NC(=O)[C@H](c1ccc2ncccc2c1)N(Cc1cccs1)C(=O)Cn1nnc2ccccc21. The van der Waals surface area contributed by atoms with E-state index in [1.165, 1.54) is 0 Å². The Bertz CT molecular complexity index is 1580. The fourth-order valence-corrected chi connectivity index (χ4v) is 5.08. The number of hydrogen-bond acceptors (Lipinski definition) is 6. The number of amides is 2. The molecule has 0 bridgehead atoms. The van der Waals surface area contributed by atoms with Crippen molar-refractivity contribution in [3.05, 3.63) is 88.7 Å². The number of carbonyl (C=O) groups excluding carboxylic acids is 2. The zero-order valence-electron chi connectivity index (χ0n) is 21.7. The van der Waals surface area contributed by atoms with E-state index in [1.807, 2.05) is 92.9 Å². The molecular formula is C29H30N6O2S. The highest BCUT2D eigenvalue weighted by atomic mass is 32.1. The topological polar surface area (TPSA) is 93.0 Å². The molecule has 2 aromatic carbocycles. The predicted molar refractivity (Wildman–Crippen MR) is 149 cm³/mol. The summed E-state index contributed by atoms with van der Waals surface area (Å²) in [7, 11) is 0. The molecular weight excluding hydrogens is 496 g/mol. The summed E-state index contributed by atoms with van der Waals surface area (Å²) in [4.78, 5) is 35.1. The molecule has 8 nitrogen and oxygen atoms in total. The van der Waals surface area contributed by atoms with Crippen molar-refractivity contribution in [2.45, 2.75) is 51.9 Å². The van der Waals surface area contributed by atoms with E-state index in [0.717, 1.165) is 33.3 Å². The molecule has 1 atom stereocenters. The molecule has 0 fully saturated rings. The second-order valence-corrected chi connectivity index (χ2v) is 11.0. The highest BCUT2D eigenvalue weighted by Gasteiger charge is 2.34. The van der Waals surface area contributed by atoms with E-state index in [4.69, 9.17) is 0 Å². The van der Waals surface area contributed by atoms with E-state index in [0.29, 0.717) is 12.1 Å². The second kappa shape index (κ2) is 10.7. The van der Waals surface area contributed by atoms with Crippen LogP contribution in [0.3, 0.4) is 0 Å². The molecule has 194 valence electrons. The Balaban J connectivity index is 1.58. The predicted octanol–water partition coefficient (Wildman–Crippen LogP) is 5.12. The zero-order chi connectivity index (χ0) is 26.7. The summed E-state index contributed by atoms with van der Waals surface area (Å²) in [5, 5.41) is 14.5. The Morgan fingerprint density at radius 2 is 1.89 bits per heavy atom. The number of thiophene rings is 1. The van der Waals surface area contributed by atoms with Crippen LogP contribution < -0.4 is 5.32 Å². The van der Waals surface area contributed by atoms with Gasteiger partial charge in [0, 0.05) is 22.0 Å². The van der Waals surface area contributed by atoms with E-state index in [1.54, 1.807) is 27.1 Å². The Hall–Kier alpha value is -4.11. The van der Waals surface area contributed by atoms with Gasteiger partial charge in [-0.1, -0.05) is 42.5 Å². The lowest BCUT2D eigenvalue weighted by Crippen LogP contribution is -2.50. The van der Waals surface area contributed by atoms with Crippen LogP contribution in [0.4, 0.5) is 0 Å². The van der Waals surface area contributed by atoms with E-state index < -0.39 is 11.6 Å². The molecule has 5 aromatic rings. The van der Waals surface area contributed by atoms with Crippen molar-refractivity contribution in [3.63, 3.8) is 0 Å². The fourth-order valence-electron chi connectivity index (χ4n) is 4.37. The van der Waals surface area contributed by atoms with Gasteiger partial charge < -0.3 is 10.2 Å². The number of hydrogen-bond donors (Lipinski definition) is 1. The first kappa shape index (κ1) is 25.5. The molecule has 38 heavy (non-hydrogen) atoms. The molecule has 0 aliphatic rings. The number of benzene rings is 2. The van der Waals surface area contributed by atoms with Crippen LogP contribution in [-0.2, 0) is 22.7 Å². The van der Waals surface area contributed by atoms with Crippen molar-refractivity contribution < 1.29 is 9.59 Å². The Morgan fingerprint density at radius 1 is 1.05 bits per heavy atom. The molecule has 0 unspecified atom stereocenters. The lowest BCUT2D eigenvalue weighted by atomic mass is 9.97. The average Bonchev–Trinajstić information content (AvgIpc) is 3.58. The summed E-state index contributed by atoms with van der Waals surface area (Å²) >= 11 is 1.55. The number of rotatable bonds is 9. The van der Waals surface area contributed by atoms with Gasteiger partial charge in [0.25, 0.3) is 0 Å². The first-order chi connectivity index (χ1) is 18.3. The third-order valence-corrected chi connectivity index (χ3v) is 7.64. The third kappa shape index (κ3) is 5.43. The van der Waals surface area contributed by atoms with Crippen LogP contribution in [0.25, 0.3) is 21.9 Å². The van der Waals surface area contributed by atoms with Crippen LogP contribution in [0.15, 0.2) is 78.3 Å². The molecule has 0 aliphatic heterocycles. The normalized spacial score (nSPS) is 12.5. The summed E-state index contributed by atoms with van der Waals surface area (Å²) < 4.78 is 1.59. The average molecular weight is 527 g/mol. The Labute approximate surface area is 225 Å². The number of carbonyl (C=O) groups is 2. The van der Waals surface area contributed by atoms with Gasteiger partial charge in [-0.25, -0.2) is 4.68 Å². The van der Waals surface area contributed by atoms with Gasteiger partial charge >= 0.3 is 0 Å². The summed E-state index contributed by atoms with van der Waals surface area (Å²) in [6.45, 7) is 6.25. The van der Waals surface area contributed by atoms with Crippen LogP contribution in [0, 0.1) is 0 Å². The summed E-state index contributed by atoms with van der Waals surface area (Å²) in [5.74, 6) is -0.455. The Morgan fingerprint density at radius 3 is 2.68 bits per heavy atom. The lowest BCUT2D eigenvalue weighted by molar-refractivity contribution is -0.142. The summed E-state index contributed by atoms with van der Waals surface area (Å²) in [5.41, 5.74) is 2.60. The molecule has 3 heterocycles. The van der Waals surface area contributed by atoms with Crippen molar-refractivity contribution in [1.29, 1.82) is 0 Å². The molecule has 0 spiro atoms. The van der Waals surface area contributed by atoms with E-state index >= 15 is 0 Å². The van der Waals surface area contributed by atoms with Crippen molar-refractivity contribution >= 4 is 45.1 Å². The fraction of sp³-hybridized carbons (Fsp3) is 0.276. The monoisotopic (exact) mass is 526 g/mol. The van der Waals surface area contributed by atoms with Crippen LogP contribution in [0.5, 0.6) is 0 Å². The smallest absolute Gasteiger partial charge is 0.247 e. The van der Waals surface area contributed by atoms with Crippen molar-refractivity contribution in [2.75, 3.05) is 0 Å². The summed E-state index contributed by atoms with van der Waals surface area (Å²) in [6.07, 6.45) is 2.49. The highest BCUT2D eigenvalue weighted by molar-refractivity contribution is 7.09. The van der Waals surface area contributed by atoms with Gasteiger partial charge in [0.15, 0.2) is 0 Å². The largest absolute Gasteiger partial charge is 0.349 e. The molecule has 1 N–H and O–H groups in total. The quantitative estimate of drug-likeness (QED) is 0.288. The van der Waals surface area contributed by atoms with Crippen molar-refractivity contribution in [3.8, 4) is 0 Å². The molecule has 0 saturated heterocycles. The lowest BCUT2D eigenvalue weighted by Gasteiger charge is -2.34. The van der Waals surface area contributed by atoms with Gasteiger partial charge in [-0.2, -0.15) is 0 Å². The number of para-hydroxylation sites is 1. The molecule has 0 radical (unpaired) electrons. The molecule has 5 rings (SSSR count). The van der Waals surface area contributed by atoms with Crippen LogP contribution in [0.1, 0.15) is 43.7 Å². The summed E-state index contributed by atoms with van der Waals surface area (Å²) in [6, 6.07) is 20.2. The minimum Gasteiger partial charge on any atom is -0.349 e. The molecule has 0 aliphatic carbocycles. The van der Waals surface area contributed by atoms with E-state index in [2.05, 4.69) is 20.6 Å². The van der Waals surface area contributed by atoms with Gasteiger partial charge in [0.1, 0.15) is 18.1 Å². The highest BCUT2D eigenvalue weighted by Crippen LogP contribution is 2.29. The first-order valence-corrected chi connectivity index (χ1v) is 13.5. The minimum absolute atomic E-state index is 0.0397. The maximum absolute atomic E-state index is 14.0. The number of nitrogens with one attached hydrogen (secondary N) is 1. The van der Waals surface area contributed by atoms with Crippen LogP contribution in [0.2, 0.25) is 0 Å². The Kier molecular flexibility index (Phi) is 7.20. The minimum atomic E-state index is -0.852. The van der Waals surface area contributed by atoms with Gasteiger partial charge in [0.2, 0.25) is 11.8 Å². The molecule has 9 heteroatoms. The van der Waals surface area contributed by atoms with Gasteiger partial charge in [-0.3, -0.25) is 14.6 Å². The van der Waals surface area contributed by atoms with Gasteiger partial charge in [0.05, 0.1) is 17.6 Å². The van der Waals surface area contributed by atoms with E-state index in [9.17, 15) is 9.59 Å². The van der Waals surface area contributed by atoms with Crippen LogP contribution >= 0.6 is 11.3 Å². The molecule has 0 saturated carbocycles. The van der Waals surface area contributed by atoms with E-state index in [-0.39, 0.29) is 18.4 Å². The maximum atomic E-state index is 14.0. The maximum Gasteiger partial charge on any atom is 0.247 e. The third-order valence-electron chi connectivity index (χ3n) is 6.78. The number of nitrogens with zero attached hydrogens (tertiary/aromatic N) is 5. The van der Waals surface area contributed by atoms with Crippen molar-refractivity contribution in [1.82, 2.24) is 30.2 Å². The first-order valence-electron chi connectivity index (χ1n) is 12.6. The molecule has 3 aromatic heterocycles. The number of fused-ring (bicyclic) bond motifs is 2. The standard InChI is InChI=1S/C29H30N6O2S/c1-4-29(2,3)31-28(37)27(21-13-14-23-20(17-21)9-7-15-30-23)34(18-22-10-8-16-38-22)26(36)19-35-25-12-6-5-11-24(25)32-33-35/h5-17,27H,4,18-19H2,1-3H3,(H,31,37)/t27-/m0/s1.